The molecule has 1 unspecified atom stereocenters. The van der Waals surface area contributed by atoms with E-state index in [1.165, 1.54) is 12.1 Å². The second kappa shape index (κ2) is 4.84. The first kappa shape index (κ1) is 12.0. The number of amides is 1. The van der Waals surface area contributed by atoms with E-state index in [1.807, 2.05) is 13.1 Å². The molecule has 1 amide bonds. The van der Waals surface area contributed by atoms with E-state index in [-0.39, 0.29) is 17.1 Å². The number of halogens is 1. The predicted octanol–water partition coefficient (Wildman–Crippen LogP) is 1.19. The van der Waals surface area contributed by atoms with Crippen molar-refractivity contribution in [2.24, 2.45) is 0 Å². The molecule has 2 N–H and O–H groups in total. The summed E-state index contributed by atoms with van der Waals surface area (Å²) in [4.78, 5) is 11.6. The quantitative estimate of drug-likeness (QED) is 0.827. The van der Waals surface area contributed by atoms with Gasteiger partial charge in [-0.25, -0.2) is 4.39 Å². The van der Waals surface area contributed by atoms with Crippen LogP contribution in [-0.2, 0) is 10.2 Å². The second-order valence-corrected chi connectivity index (χ2v) is 4.60. The highest BCUT2D eigenvalue weighted by Crippen LogP contribution is 2.33. The highest BCUT2D eigenvalue weighted by molar-refractivity contribution is 5.78. The van der Waals surface area contributed by atoms with Crippen molar-refractivity contribution in [3.8, 4) is 0 Å². The van der Waals surface area contributed by atoms with Gasteiger partial charge in [-0.1, -0.05) is 12.1 Å². The number of piperidine rings is 1. The minimum absolute atomic E-state index is 0.0377. The van der Waals surface area contributed by atoms with Crippen LogP contribution in [0.5, 0.6) is 0 Å². The van der Waals surface area contributed by atoms with Gasteiger partial charge in [0.15, 0.2) is 0 Å². The molecule has 1 aliphatic heterocycles. The fraction of sp³-hybridized carbons (Fsp3) is 0.462. The largest absolute Gasteiger partial charge is 0.356 e. The van der Waals surface area contributed by atoms with Crippen molar-refractivity contribution >= 4 is 5.91 Å². The fourth-order valence-electron chi connectivity index (χ4n) is 2.56. The van der Waals surface area contributed by atoms with Gasteiger partial charge >= 0.3 is 0 Å². The summed E-state index contributed by atoms with van der Waals surface area (Å²) >= 11 is 0. The predicted molar refractivity (Wildman–Crippen MR) is 64.2 cm³/mol. The topological polar surface area (TPSA) is 41.1 Å². The molecular weight excluding hydrogens is 219 g/mol. The summed E-state index contributed by atoms with van der Waals surface area (Å²) in [5.41, 5.74) is 0.626. The van der Waals surface area contributed by atoms with Crippen molar-refractivity contribution in [3.63, 3.8) is 0 Å². The summed E-state index contributed by atoms with van der Waals surface area (Å²) in [5.74, 6) is -0.209. The third-order valence-corrected chi connectivity index (χ3v) is 3.38. The van der Waals surface area contributed by atoms with Gasteiger partial charge in [-0.2, -0.15) is 0 Å². The zero-order chi connectivity index (χ0) is 12.3. The number of carbonyl (C=O) groups excluding carboxylic acids is 1. The van der Waals surface area contributed by atoms with Crippen molar-refractivity contribution < 1.29 is 9.18 Å². The SMILES string of the molecule is CNCC1(c2cccc(F)c2)CCNC(=O)C1. The number of hydrogen-bond donors (Lipinski definition) is 2. The van der Waals surface area contributed by atoms with Crippen molar-refractivity contribution in [3.05, 3.63) is 35.6 Å². The highest BCUT2D eigenvalue weighted by atomic mass is 19.1. The summed E-state index contributed by atoms with van der Waals surface area (Å²) in [5, 5.41) is 5.93. The molecule has 0 aliphatic carbocycles. The maximum atomic E-state index is 13.3. The fourth-order valence-corrected chi connectivity index (χ4v) is 2.56. The van der Waals surface area contributed by atoms with Crippen molar-refractivity contribution in [1.29, 1.82) is 0 Å². The van der Waals surface area contributed by atoms with E-state index < -0.39 is 0 Å². The molecule has 1 atom stereocenters. The maximum absolute atomic E-state index is 13.3. The van der Waals surface area contributed by atoms with E-state index in [9.17, 15) is 9.18 Å². The lowest BCUT2D eigenvalue weighted by Crippen LogP contribution is -2.48. The van der Waals surface area contributed by atoms with Crippen molar-refractivity contribution in [2.75, 3.05) is 20.1 Å². The van der Waals surface area contributed by atoms with E-state index in [0.29, 0.717) is 19.5 Å². The zero-order valence-electron chi connectivity index (χ0n) is 9.92. The van der Waals surface area contributed by atoms with Crippen LogP contribution in [0, 0.1) is 5.82 Å². The first-order valence-electron chi connectivity index (χ1n) is 5.84. The molecule has 1 aliphatic rings. The minimum Gasteiger partial charge on any atom is -0.356 e. The van der Waals surface area contributed by atoms with Crippen LogP contribution in [0.15, 0.2) is 24.3 Å². The van der Waals surface area contributed by atoms with Gasteiger partial charge < -0.3 is 10.6 Å². The molecule has 3 nitrogen and oxygen atoms in total. The summed E-state index contributed by atoms with van der Waals surface area (Å²) in [6.07, 6.45) is 1.25. The summed E-state index contributed by atoms with van der Waals surface area (Å²) in [6, 6.07) is 6.57. The van der Waals surface area contributed by atoms with Crippen molar-refractivity contribution in [2.45, 2.75) is 18.3 Å². The van der Waals surface area contributed by atoms with Gasteiger partial charge in [0, 0.05) is 24.9 Å². The van der Waals surface area contributed by atoms with Crippen LogP contribution in [0.4, 0.5) is 4.39 Å². The normalized spacial score (nSPS) is 24.5. The first-order valence-corrected chi connectivity index (χ1v) is 5.84. The molecule has 0 bridgehead atoms. The van der Waals surface area contributed by atoms with Crippen LogP contribution < -0.4 is 10.6 Å². The summed E-state index contributed by atoms with van der Waals surface area (Å²) in [6.45, 7) is 1.33. The lowest BCUT2D eigenvalue weighted by molar-refractivity contribution is -0.124. The molecule has 0 radical (unpaired) electrons. The van der Waals surface area contributed by atoms with Gasteiger partial charge in [0.05, 0.1) is 0 Å². The van der Waals surface area contributed by atoms with Gasteiger partial charge in [-0.15, -0.1) is 0 Å². The van der Waals surface area contributed by atoms with Crippen LogP contribution >= 0.6 is 0 Å². The van der Waals surface area contributed by atoms with E-state index in [1.54, 1.807) is 6.07 Å². The molecule has 92 valence electrons. The third-order valence-electron chi connectivity index (χ3n) is 3.38. The van der Waals surface area contributed by atoms with Gasteiger partial charge in [-0.05, 0) is 31.2 Å². The van der Waals surface area contributed by atoms with Gasteiger partial charge in [0.2, 0.25) is 5.91 Å². The number of benzene rings is 1. The van der Waals surface area contributed by atoms with Crippen molar-refractivity contribution in [1.82, 2.24) is 10.6 Å². The number of nitrogens with one attached hydrogen (secondary N) is 2. The smallest absolute Gasteiger partial charge is 0.220 e. The molecule has 0 aromatic heterocycles. The number of rotatable bonds is 3. The number of hydrogen-bond acceptors (Lipinski definition) is 2. The zero-order valence-corrected chi connectivity index (χ0v) is 9.92. The van der Waals surface area contributed by atoms with E-state index in [0.717, 1.165) is 12.0 Å². The van der Waals surface area contributed by atoms with E-state index >= 15 is 0 Å². The Labute approximate surface area is 100 Å². The van der Waals surface area contributed by atoms with Crippen LogP contribution in [0.1, 0.15) is 18.4 Å². The van der Waals surface area contributed by atoms with Crippen LogP contribution in [-0.4, -0.2) is 26.0 Å². The maximum Gasteiger partial charge on any atom is 0.220 e. The molecule has 1 saturated heterocycles. The molecule has 0 spiro atoms. The Hall–Kier alpha value is -1.42. The summed E-state index contributed by atoms with van der Waals surface area (Å²) < 4.78 is 13.3. The Bertz CT molecular complexity index is 418. The third kappa shape index (κ3) is 2.47. The van der Waals surface area contributed by atoms with Gasteiger partial charge in [-0.3, -0.25) is 4.79 Å². The van der Waals surface area contributed by atoms with Crippen LogP contribution in [0.25, 0.3) is 0 Å². The minimum atomic E-state index is -0.279. The molecule has 1 fully saturated rings. The Morgan fingerprint density at radius 2 is 2.35 bits per heavy atom. The molecule has 1 aromatic carbocycles. The first-order chi connectivity index (χ1) is 8.16. The lowest BCUT2D eigenvalue weighted by atomic mass is 9.73. The molecular formula is C13H17FN2O. The average molecular weight is 236 g/mol. The molecule has 2 rings (SSSR count). The van der Waals surface area contributed by atoms with Gasteiger partial charge in [0.25, 0.3) is 0 Å². The Morgan fingerprint density at radius 3 is 3.00 bits per heavy atom. The van der Waals surface area contributed by atoms with Crippen LogP contribution in [0.3, 0.4) is 0 Å². The number of likely N-dealkylation sites (N-methyl/N-ethyl adjacent to an activating group) is 1. The Kier molecular flexibility index (Phi) is 3.43. The molecule has 17 heavy (non-hydrogen) atoms. The highest BCUT2D eigenvalue weighted by Gasteiger charge is 2.36. The van der Waals surface area contributed by atoms with E-state index in [2.05, 4.69) is 10.6 Å². The summed E-state index contributed by atoms with van der Waals surface area (Å²) in [7, 11) is 1.85. The average Bonchev–Trinajstić information content (AvgIpc) is 2.29. The van der Waals surface area contributed by atoms with E-state index in [4.69, 9.17) is 0 Å². The molecule has 0 saturated carbocycles. The standard InChI is InChI=1S/C13H17FN2O/c1-15-9-13(5-6-16-12(17)8-13)10-3-2-4-11(14)7-10/h2-4,7,15H,5-6,8-9H2,1H3,(H,16,17). The molecule has 4 heteroatoms. The van der Waals surface area contributed by atoms with Crippen LogP contribution in [0.2, 0.25) is 0 Å². The molecule has 1 heterocycles. The molecule has 1 aromatic rings. The Balaban J connectivity index is 2.36. The van der Waals surface area contributed by atoms with Gasteiger partial charge in [0.1, 0.15) is 5.82 Å². The lowest BCUT2D eigenvalue weighted by Gasteiger charge is -2.37. The Morgan fingerprint density at radius 1 is 1.53 bits per heavy atom. The number of carbonyl (C=O) groups is 1. The monoisotopic (exact) mass is 236 g/mol. The second-order valence-electron chi connectivity index (χ2n) is 4.60.